The molecule has 0 bridgehead atoms. The van der Waals surface area contributed by atoms with Crippen molar-refractivity contribution in [2.75, 3.05) is 18.4 Å². The van der Waals surface area contributed by atoms with E-state index in [9.17, 15) is 22.4 Å². The molecule has 1 aromatic rings. The smallest absolute Gasteiger partial charge is 0.387 e. The average molecular weight is 336 g/mol. The SMILES string of the molecule is O=C(Nc1ccc(OC(F)F)cc1OC(F)F)C1CCCNC1. The Balaban J connectivity index is 2.13. The molecule has 1 amide bonds. The van der Waals surface area contributed by atoms with Crippen LogP contribution in [-0.2, 0) is 4.79 Å². The van der Waals surface area contributed by atoms with Crippen LogP contribution in [0.15, 0.2) is 18.2 Å². The van der Waals surface area contributed by atoms with E-state index in [4.69, 9.17) is 0 Å². The summed E-state index contributed by atoms with van der Waals surface area (Å²) in [5, 5.41) is 5.55. The summed E-state index contributed by atoms with van der Waals surface area (Å²) in [5.74, 6) is -1.41. The lowest BCUT2D eigenvalue weighted by atomic mass is 9.99. The molecule has 1 saturated heterocycles. The van der Waals surface area contributed by atoms with Gasteiger partial charge >= 0.3 is 13.2 Å². The quantitative estimate of drug-likeness (QED) is 0.785. The van der Waals surface area contributed by atoms with E-state index in [2.05, 4.69) is 20.1 Å². The maximum Gasteiger partial charge on any atom is 0.387 e. The third-order valence-corrected chi connectivity index (χ3v) is 3.32. The number of ether oxygens (including phenoxy) is 2. The fourth-order valence-electron chi connectivity index (χ4n) is 2.29. The van der Waals surface area contributed by atoms with Crippen molar-refractivity contribution in [3.05, 3.63) is 18.2 Å². The number of carbonyl (C=O) groups is 1. The second-order valence-electron chi connectivity index (χ2n) is 4.95. The van der Waals surface area contributed by atoms with Crippen molar-refractivity contribution in [1.29, 1.82) is 0 Å². The first-order valence-electron chi connectivity index (χ1n) is 7.01. The summed E-state index contributed by atoms with van der Waals surface area (Å²) in [7, 11) is 0. The van der Waals surface area contributed by atoms with Crippen molar-refractivity contribution in [1.82, 2.24) is 5.32 Å². The molecule has 128 valence electrons. The molecular weight excluding hydrogens is 320 g/mol. The molecule has 1 heterocycles. The Morgan fingerprint density at radius 3 is 2.57 bits per heavy atom. The molecule has 1 aliphatic rings. The minimum atomic E-state index is -3.16. The average Bonchev–Trinajstić information content (AvgIpc) is 2.49. The molecule has 5 nitrogen and oxygen atoms in total. The van der Waals surface area contributed by atoms with Crippen LogP contribution in [0.25, 0.3) is 0 Å². The maximum absolute atomic E-state index is 12.5. The van der Waals surface area contributed by atoms with Gasteiger partial charge in [0.2, 0.25) is 5.91 Å². The Morgan fingerprint density at radius 1 is 1.22 bits per heavy atom. The standard InChI is InChI=1S/C14H16F4N2O3/c15-13(16)22-9-3-4-10(11(6-9)23-14(17)18)20-12(21)8-2-1-5-19-7-8/h3-4,6,8,13-14,19H,1-2,5,7H2,(H,20,21). The zero-order chi connectivity index (χ0) is 16.8. The molecule has 2 rings (SSSR count). The first-order valence-corrected chi connectivity index (χ1v) is 7.01. The number of anilines is 1. The number of carbonyl (C=O) groups excluding carboxylic acids is 1. The van der Waals surface area contributed by atoms with Crippen LogP contribution in [-0.4, -0.2) is 32.2 Å². The van der Waals surface area contributed by atoms with Gasteiger partial charge in [-0.05, 0) is 31.5 Å². The number of piperidine rings is 1. The van der Waals surface area contributed by atoms with E-state index in [1.54, 1.807) is 0 Å². The second kappa shape index (κ2) is 8.00. The Kier molecular flexibility index (Phi) is 6.03. The molecule has 9 heteroatoms. The van der Waals surface area contributed by atoms with Gasteiger partial charge in [-0.1, -0.05) is 0 Å². The predicted octanol–water partition coefficient (Wildman–Crippen LogP) is 2.83. The highest BCUT2D eigenvalue weighted by Gasteiger charge is 2.22. The molecule has 0 spiro atoms. The van der Waals surface area contributed by atoms with E-state index >= 15 is 0 Å². The third kappa shape index (κ3) is 5.27. The second-order valence-corrected chi connectivity index (χ2v) is 4.95. The van der Waals surface area contributed by atoms with E-state index in [1.165, 1.54) is 6.07 Å². The summed E-state index contributed by atoms with van der Waals surface area (Å²) in [6.45, 7) is -4.95. The highest BCUT2D eigenvalue weighted by molar-refractivity contribution is 5.94. The van der Waals surface area contributed by atoms with Gasteiger partial charge in [0.25, 0.3) is 0 Å². The number of benzene rings is 1. The van der Waals surface area contributed by atoms with Crippen molar-refractivity contribution < 1.29 is 31.8 Å². The van der Waals surface area contributed by atoms with Crippen LogP contribution in [0.4, 0.5) is 23.2 Å². The van der Waals surface area contributed by atoms with Gasteiger partial charge in [0, 0.05) is 12.6 Å². The molecule has 1 aromatic carbocycles. The van der Waals surface area contributed by atoms with E-state index < -0.39 is 19.0 Å². The molecule has 1 unspecified atom stereocenters. The first-order chi connectivity index (χ1) is 11.0. The molecule has 0 saturated carbocycles. The predicted molar refractivity (Wildman–Crippen MR) is 73.9 cm³/mol. The largest absolute Gasteiger partial charge is 0.435 e. The molecule has 2 N–H and O–H groups in total. The van der Waals surface area contributed by atoms with Gasteiger partial charge < -0.3 is 20.1 Å². The Bertz CT molecular complexity index is 537. The summed E-state index contributed by atoms with van der Waals surface area (Å²) in [4.78, 5) is 12.1. The zero-order valence-corrected chi connectivity index (χ0v) is 12.0. The van der Waals surface area contributed by atoms with E-state index in [0.29, 0.717) is 13.0 Å². The monoisotopic (exact) mass is 336 g/mol. The van der Waals surface area contributed by atoms with Gasteiger partial charge in [-0.15, -0.1) is 0 Å². The fourth-order valence-corrected chi connectivity index (χ4v) is 2.29. The van der Waals surface area contributed by atoms with Crippen molar-refractivity contribution in [2.24, 2.45) is 5.92 Å². The van der Waals surface area contributed by atoms with Crippen molar-refractivity contribution >= 4 is 11.6 Å². The summed E-state index contributed by atoms with van der Waals surface area (Å²) in [5.41, 5.74) is -0.0255. The van der Waals surface area contributed by atoms with Crippen LogP contribution in [0.5, 0.6) is 11.5 Å². The molecule has 23 heavy (non-hydrogen) atoms. The number of hydrogen-bond acceptors (Lipinski definition) is 4. The Labute approximate surface area is 129 Å². The Morgan fingerprint density at radius 2 is 1.96 bits per heavy atom. The van der Waals surface area contributed by atoms with Crippen LogP contribution in [0.2, 0.25) is 0 Å². The summed E-state index contributed by atoms with van der Waals surface area (Å²) < 4.78 is 57.7. The maximum atomic E-state index is 12.5. The summed E-state index contributed by atoms with van der Waals surface area (Å²) >= 11 is 0. The number of amides is 1. The number of hydrogen-bond donors (Lipinski definition) is 2. The highest BCUT2D eigenvalue weighted by atomic mass is 19.3. The van der Waals surface area contributed by atoms with Crippen molar-refractivity contribution in [3.63, 3.8) is 0 Å². The number of rotatable bonds is 6. The highest BCUT2D eigenvalue weighted by Crippen LogP contribution is 2.32. The van der Waals surface area contributed by atoms with Gasteiger partial charge in [-0.2, -0.15) is 17.6 Å². The summed E-state index contributed by atoms with van der Waals surface area (Å²) in [6, 6.07) is 3.20. The van der Waals surface area contributed by atoms with Gasteiger partial charge in [0.15, 0.2) is 5.75 Å². The lowest BCUT2D eigenvalue weighted by Crippen LogP contribution is -2.37. The Hall–Kier alpha value is -2.03. The molecule has 1 fully saturated rings. The lowest BCUT2D eigenvalue weighted by Gasteiger charge is -2.22. The van der Waals surface area contributed by atoms with Gasteiger partial charge in [0.05, 0.1) is 11.6 Å². The number of halogens is 4. The number of nitrogens with one attached hydrogen (secondary N) is 2. The van der Waals surface area contributed by atoms with Crippen LogP contribution in [0, 0.1) is 5.92 Å². The molecule has 1 aliphatic heterocycles. The van der Waals surface area contributed by atoms with Gasteiger partial charge in [-0.3, -0.25) is 4.79 Å². The third-order valence-electron chi connectivity index (χ3n) is 3.32. The summed E-state index contributed by atoms with van der Waals surface area (Å²) in [6.07, 6.45) is 1.51. The van der Waals surface area contributed by atoms with Crippen LogP contribution in [0.3, 0.4) is 0 Å². The van der Waals surface area contributed by atoms with E-state index in [0.717, 1.165) is 25.1 Å². The minimum Gasteiger partial charge on any atom is -0.435 e. The lowest BCUT2D eigenvalue weighted by molar-refractivity contribution is -0.120. The molecule has 1 atom stereocenters. The topological polar surface area (TPSA) is 59.6 Å². The molecule has 0 aromatic heterocycles. The first kappa shape index (κ1) is 17.3. The van der Waals surface area contributed by atoms with Crippen molar-refractivity contribution in [2.45, 2.75) is 26.1 Å². The molecular formula is C14H16F4N2O3. The van der Waals surface area contributed by atoms with Gasteiger partial charge in [-0.25, -0.2) is 0 Å². The van der Waals surface area contributed by atoms with Crippen molar-refractivity contribution in [3.8, 4) is 11.5 Å². The van der Waals surface area contributed by atoms with Gasteiger partial charge in [0.1, 0.15) is 5.75 Å². The number of alkyl halides is 4. The van der Waals surface area contributed by atoms with Crippen LogP contribution >= 0.6 is 0 Å². The van der Waals surface area contributed by atoms with E-state index in [-0.39, 0.29) is 23.3 Å². The molecule has 0 aliphatic carbocycles. The molecule has 0 radical (unpaired) electrons. The van der Waals surface area contributed by atoms with E-state index in [1.807, 2.05) is 0 Å². The zero-order valence-electron chi connectivity index (χ0n) is 12.0. The minimum absolute atomic E-state index is 0.0255. The van der Waals surface area contributed by atoms with Crippen LogP contribution in [0.1, 0.15) is 12.8 Å². The van der Waals surface area contributed by atoms with Crippen LogP contribution < -0.4 is 20.1 Å². The fraction of sp³-hybridized carbons (Fsp3) is 0.500. The normalized spacial score (nSPS) is 18.1.